The van der Waals surface area contributed by atoms with Gasteiger partial charge in [-0.05, 0) is 19.3 Å². The summed E-state index contributed by atoms with van der Waals surface area (Å²) in [7, 11) is -3.24. The summed E-state index contributed by atoms with van der Waals surface area (Å²) in [6.07, 6.45) is 2.09. The molecule has 0 aromatic carbocycles. The first-order valence-electron chi connectivity index (χ1n) is 4.01. The first-order valence-corrected chi connectivity index (χ1v) is 5.71. The average molecular weight is 206 g/mol. The molecule has 1 aliphatic rings. The van der Waals surface area contributed by atoms with Crippen LogP contribution in [0.2, 0.25) is 0 Å². The number of hydrogen-bond acceptors (Lipinski definition) is 5. The van der Waals surface area contributed by atoms with Crippen LogP contribution in [-0.4, -0.2) is 30.6 Å². The van der Waals surface area contributed by atoms with Crippen molar-refractivity contribution < 1.29 is 13.9 Å². The van der Waals surface area contributed by atoms with Gasteiger partial charge in [0, 0.05) is 15.8 Å². The van der Waals surface area contributed by atoms with Crippen molar-refractivity contribution in [1.82, 2.24) is 0 Å². The molecular formula is C5H10N2O5Si. The molecule has 8 heteroatoms. The molecule has 0 aromatic rings. The predicted octanol–water partition coefficient (Wildman–Crippen LogP) is -0.131. The van der Waals surface area contributed by atoms with Gasteiger partial charge in [-0.1, -0.05) is 0 Å². The van der Waals surface area contributed by atoms with E-state index < -0.39 is 24.0 Å². The fourth-order valence-electron chi connectivity index (χ4n) is 1.35. The van der Waals surface area contributed by atoms with Crippen LogP contribution in [0.25, 0.3) is 0 Å². The minimum absolute atomic E-state index is 0.413. The molecule has 1 saturated heterocycles. The van der Waals surface area contributed by atoms with Gasteiger partial charge in [0.25, 0.3) is 0 Å². The summed E-state index contributed by atoms with van der Waals surface area (Å²) in [5.41, 5.74) is -0.723. The monoisotopic (exact) mass is 206 g/mol. The molecule has 1 atom stereocenters. The van der Waals surface area contributed by atoms with Crippen LogP contribution in [0.15, 0.2) is 0 Å². The van der Waals surface area contributed by atoms with E-state index in [0.29, 0.717) is 13.0 Å². The lowest BCUT2D eigenvalue weighted by molar-refractivity contribution is -0.478. The minimum Gasteiger partial charge on any atom is -0.368 e. The van der Waals surface area contributed by atoms with Gasteiger partial charge in [-0.15, -0.1) is 0 Å². The largest absolute Gasteiger partial charge is 0.799 e. The second-order valence-electron chi connectivity index (χ2n) is 2.89. The van der Waals surface area contributed by atoms with Crippen molar-refractivity contribution >= 4 is 9.12 Å². The molecule has 1 fully saturated rings. The van der Waals surface area contributed by atoms with Crippen LogP contribution in [0, 0.1) is 20.2 Å². The second-order valence-corrected chi connectivity index (χ2v) is 5.30. The molecule has 0 spiro atoms. The lowest BCUT2D eigenvalue weighted by Gasteiger charge is -2.18. The van der Waals surface area contributed by atoms with Gasteiger partial charge in [-0.3, -0.25) is 20.2 Å². The number of ether oxygens (including phenoxy) is 1. The first-order chi connectivity index (χ1) is 6.13. The van der Waals surface area contributed by atoms with Crippen molar-refractivity contribution in [2.75, 3.05) is 6.61 Å². The number of nitrogens with zero attached hydrogens (tertiary/aromatic N) is 2. The molecular weight excluding hydrogens is 196 g/mol. The maximum Gasteiger partial charge on any atom is 0.799 e. The minimum atomic E-state index is -3.24. The molecule has 7 nitrogen and oxygen atoms in total. The Balaban J connectivity index is 2.62. The highest BCUT2D eigenvalue weighted by Gasteiger charge is 2.53. The maximum atomic E-state index is 10.4. The third-order valence-electron chi connectivity index (χ3n) is 1.98. The lowest BCUT2D eigenvalue weighted by atomic mass is 10.2. The molecule has 0 N–H and O–H groups in total. The summed E-state index contributed by atoms with van der Waals surface area (Å²) < 4.78 is 3.53. The Morgan fingerprint density at radius 1 is 1.23 bits per heavy atom. The van der Waals surface area contributed by atoms with E-state index >= 15 is 0 Å². The standard InChI is InChI=1S/C5H10N2O5Si/c8-6(9)13(7(10)11)5-3-1-2-4-12-5/h5,13H,1-4H2. The van der Waals surface area contributed by atoms with Gasteiger partial charge in [0.05, 0.1) is 0 Å². The predicted molar refractivity (Wildman–Crippen MR) is 44.7 cm³/mol. The Morgan fingerprint density at radius 3 is 2.23 bits per heavy atom. The van der Waals surface area contributed by atoms with Gasteiger partial charge in [0.15, 0.2) is 5.73 Å². The topological polar surface area (TPSA) is 95.5 Å². The molecule has 1 heterocycles. The van der Waals surface area contributed by atoms with Gasteiger partial charge in [0.1, 0.15) is 0 Å². The highest BCUT2D eigenvalue weighted by molar-refractivity contribution is 6.42. The van der Waals surface area contributed by atoms with Crippen molar-refractivity contribution in [3.8, 4) is 0 Å². The molecule has 0 saturated carbocycles. The van der Waals surface area contributed by atoms with Crippen molar-refractivity contribution in [3.63, 3.8) is 0 Å². The maximum absolute atomic E-state index is 10.4. The molecule has 0 aliphatic carbocycles. The smallest absolute Gasteiger partial charge is 0.368 e. The molecule has 74 valence electrons. The molecule has 1 aliphatic heterocycles. The van der Waals surface area contributed by atoms with E-state index in [4.69, 9.17) is 4.74 Å². The van der Waals surface area contributed by atoms with E-state index in [2.05, 4.69) is 0 Å². The Kier molecular flexibility index (Phi) is 3.31. The first kappa shape index (κ1) is 10.1. The van der Waals surface area contributed by atoms with Crippen molar-refractivity contribution in [3.05, 3.63) is 20.2 Å². The zero-order valence-electron chi connectivity index (χ0n) is 6.92. The van der Waals surface area contributed by atoms with Crippen LogP contribution in [0.3, 0.4) is 0 Å². The van der Waals surface area contributed by atoms with Gasteiger partial charge >= 0.3 is 9.12 Å². The molecule has 1 rings (SSSR count). The van der Waals surface area contributed by atoms with Crippen molar-refractivity contribution in [2.45, 2.75) is 25.0 Å². The van der Waals surface area contributed by atoms with Gasteiger partial charge in [-0.25, -0.2) is 0 Å². The Morgan fingerprint density at radius 2 is 1.85 bits per heavy atom. The summed E-state index contributed by atoms with van der Waals surface area (Å²) >= 11 is 0. The molecule has 0 aromatic heterocycles. The molecule has 1 unspecified atom stereocenters. The summed E-state index contributed by atoms with van der Waals surface area (Å²) in [5.74, 6) is 0. The third kappa shape index (κ3) is 2.46. The highest BCUT2D eigenvalue weighted by atomic mass is 28.3. The summed E-state index contributed by atoms with van der Waals surface area (Å²) in [5, 5.41) is 20.8. The van der Waals surface area contributed by atoms with E-state index in [-0.39, 0.29) is 0 Å². The zero-order valence-corrected chi connectivity index (χ0v) is 8.07. The molecule has 0 amide bonds. The Labute approximate surface area is 75.8 Å². The van der Waals surface area contributed by atoms with E-state index in [1.165, 1.54) is 0 Å². The number of rotatable bonds is 3. The average Bonchev–Trinajstić information content (AvgIpc) is 2.04. The van der Waals surface area contributed by atoms with Crippen LogP contribution in [0.4, 0.5) is 0 Å². The Bertz CT molecular complexity index is 203. The van der Waals surface area contributed by atoms with E-state index in [0.717, 1.165) is 12.8 Å². The molecule has 0 radical (unpaired) electrons. The third-order valence-corrected chi connectivity index (χ3v) is 4.03. The Hall–Kier alpha value is -1.02. The number of hydrogen-bond donors (Lipinski definition) is 0. The van der Waals surface area contributed by atoms with Gasteiger partial charge < -0.3 is 4.74 Å². The molecule has 0 bridgehead atoms. The summed E-state index contributed by atoms with van der Waals surface area (Å²) in [6.45, 7) is 0.413. The van der Waals surface area contributed by atoms with Gasteiger partial charge in [-0.2, -0.15) is 0 Å². The SMILES string of the molecule is O=[N+]([O-])[SiH](C1CCCCO1)[N+](=O)[O-]. The van der Waals surface area contributed by atoms with E-state index in [1.807, 2.05) is 0 Å². The van der Waals surface area contributed by atoms with Crippen LogP contribution < -0.4 is 0 Å². The van der Waals surface area contributed by atoms with Crippen LogP contribution in [-0.2, 0) is 4.74 Å². The van der Waals surface area contributed by atoms with E-state index in [1.54, 1.807) is 0 Å². The van der Waals surface area contributed by atoms with Crippen LogP contribution in [0.5, 0.6) is 0 Å². The second kappa shape index (κ2) is 4.28. The fourth-order valence-corrected chi connectivity index (χ4v) is 2.89. The number of nitro groups is 2. The molecule has 13 heavy (non-hydrogen) atoms. The zero-order chi connectivity index (χ0) is 9.84. The van der Waals surface area contributed by atoms with Crippen LogP contribution in [0.1, 0.15) is 19.3 Å². The van der Waals surface area contributed by atoms with E-state index in [9.17, 15) is 20.2 Å². The highest BCUT2D eigenvalue weighted by Crippen LogP contribution is 2.15. The van der Waals surface area contributed by atoms with Crippen molar-refractivity contribution in [1.29, 1.82) is 0 Å². The van der Waals surface area contributed by atoms with Crippen LogP contribution >= 0.6 is 0 Å². The summed E-state index contributed by atoms with van der Waals surface area (Å²) in [4.78, 5) is 20.8. The quantitative estimate of drug-likeness (QED) is 0.364. The van der Waals surface area contributed by atoms with Crippen molar-refractivity contribution in [2.24, 2.45) is 0 Å². The van der Waals surface area contributed by atoms with Gasteiger partial charge in [0.2, 0.25) is 0 Å². The fraction of sp³-hybridized carbons (Fsp3) is 1.00. The lowest BCUT2D eigenvalue weighted by Crippen LogP contribution is -2.48. The normalized spacial score (nSPS) is 23.0. The summed E-state index contributed by atoms with van der Waals surface area (Å²) in [6, 6.07) is 0.